The van der Waals surface area contributed by atoms with Crippen LogP contribution in [0, 0.1) is 11.8 Å². The minimum Gasteiger partial charge on any atom is -0.377 e. The molecule has 0 aromatic heterocycles. The molecular formula is C9H17NO. The largest absolute Gasteiger partial charge is 0.377 e. The zero-order valence-corrected chi connectivity index (χ0v) is 7.12. The smallest absolute Gasteiger partial charge is 0.0780 e. The fourth-order valence-electron chi connectivity index (χ4n) is 1.77. The average molecular weight is 155 g/mol. The number of nitrogens with two attached hydrogens (primary N) is 1. The van der Waals surface area contributed by atoms with Gasteiger partial charge in [-0.2, -0.15) is 0 Å². The van der Waals surface area contributed by atoms with Gasteiger partial charge in [-0.25, -0.2) is 0 Å². The highest BCUT2D eigenvalue weighted by Crippen LogP contribution is 2.37. The summed E-state index contributed by atoms with van der Waals surface area (Å²) in [7, 11) is 1.73. The third-order valence-electron chi connectivity index (χ3n) is 2.71. The topological polar surface area (TPSA) is 35.2 Å². The van der Waals surface area contributed by atoms with Gasteiger partial charge >= 0.3 is 0 Å². The van der Waals surface area contributed by atoms with Gasteiger partial charge in [0.25, 0.3) is 0 Å². The molecule has 2 N–H and O–H groups in total. The van der Waals surface area contributed by atoms with Gasteiger partial charge in [-0.15, -0.1) is 6.58 Å². The van der Waals surface area contributed by atoms with E-state index in [1.54, 1.807) is 7.11 Å². The van der Waals surface area contributed by atoms with Crippen LogP contribution in [0.4, 0.5) is 0 Å². The quantitative estimate of drug-likeness (QED) is 0.618. The minimum atomic E-state index is 0.220. The second-order valence-corrected chi connectivity index (χ2v) is 3.17. The number of hydrogen-bond donors (Lipinski definition) is 1. The van der Waals surface area contributed by atoms with Crippen LogP contribution in [0.25, 0.3) is 0 Å². The third-order valence-corrected chi connectivity index (χ3v) is 2.71. The molecule has 0 aromatic carbocycles. The third kappa shape index (κ3) is 1.63. The second kappa shape index (κ2) is 3.88. The van der Waals surface area contributed by atoms with Crippen LogP contribution < -0.4 is 5.73 Å². The van der Waals surface area contributed by atoms with E-state index in [1.807, 2.05) is 6.08 Å². The Morgan fingerprint density at radius 1 is 1.73 bits per heavy atom. The fraction of sp³-hybridized carbons (Fsp3) is 0.778. The SMILES string of the molecule is C=C[C@H](OC)[C@@H]1CC[C@H]1CN. The van der Waals surface area contributed by atoms with Gasteiger partial charge in [0.15, 0.2) is 0 Å². The maximum atomic E-state index is 5.58. The average Bonchev–Trinajstić information content (AvgIpc) is 1.98. The second-order valence-electron chi connectivity index (χ2n) is 3.17. The Labute approximate surface area is 68.4 Å². The standard InChI is InChI=1S/C9H17NO/c1-3-9(11-2)8-5-4-7(8)6-10/h3,7-9H,1,4-6,10H2,2H3/t7-,8+,9-/m0/s1. The van der Waals surface area contributed by atoms with Crippen molar-refractivity contribution in [2.75, 3.05) is 13.7 Å². The lowest BCUT2D eigenvalue weighted by Gasteiger charge is -2.39. The summed E-state index contributed by atoms with van der Waals surface area (Å²) in [5.74, 6) is 1.29. The molecule has 1 aliphatic carbocycles. The molecule has 1 rings (SSSR count). The van der Waals surface area contributed by atoms with E-state index in [0.717, 1.165) is 6.54 Å². The molecule has 3 atom stereocenters. The summed E-state index contributed by atoms with van der Waals surface area (Å²) in [6.07, 6.45) is 4.60. The van der Waals surface area contributed by atoms with Crippen LogP contribution in [0.5, 0.6) is 0 Å². The normalized spacial score (nSPS) is 32.5. The van der Waals surface area contributed by atoms with E-state index < -0.39 is 0 Å². The summed E-state index contributed by atoms with van der Waals surface area (Å²) >= 11 is 0. The van der Waals surface area contributed by atoms with Gasteiger partial charge in [0, 0.05) is 7.11 Å². The Balaban J connectivity index is 2.39. The molecule has 0 unspecified atom stereocenters. The predicted octanol–water partition coefficient (Wildman–Crippen LogP) is 1.17. The van der Waals surface area contributed by atoms with Crippen LogP contribution in [0.2, 0.25) is 0 Å². The van der Waals surface area contributed by atoms with Crippen molar-refractivity contribution in [2.45, 2.75) is 18.9 Å². The highest BCUT2D eigenvalue weighted by atomic mass is 16.5. The molecule has 2 nitrogen and oxygen atoms in total. The summed E-state index contributed by atoms with van der Waals surface area (Å²) in [5.41, 5.74) is 5.58. The molecule has 1 fully saturated rings. The first-order valence-corrected chi connectivity index (χ1v) is 4.19. The van der Waals surface area contributed by atoms with Crippen LogP contribution in [-0.4, -0.2) is 19.8 Å². The van der Waals surface area contributed by atoms with Crippen molar-refractivity contribution in [3.8, 4) is 0 Å². The molecule has 1 aliphatic rings. The molecule has 11 heavy (non-hydrogen) atoms. The van der Waals surface area contributed by atoms with Crippen LogP contribution in [0.15, 0.2) is 12.7 Å². The molecular weight excluding hydrogens is 138 g/mol. The van der Waals surface area contributed by atoms with Gasteiger partial charge in [-0.05, 0) is 31.2 Å². The summed E-state index contributed by atoms with van der Waals surface area (Å²) in [6, 6.07) is 0. The Morgan fingerprint density at radius 2 is 2.45 bits per heavy atom. The van der Waals surface area contributed by atoms with Crippen molar-refractivity contribution in [1.82, 2.24) is 0 Å². The van der Waals surface area contributed by atoms with Crippen LogP contribution in [0.3, 0.4) is 0 Å². The van der Waals surface area contributed by atoms with Crippen molar-refractivity contribution in [3.63, 3.8) is 0 Å². The first-order valence-electron chi connectivity index (χ1n) is 4.19. The van der Waals surface area contributed by atoms with Crippen LogP contribution in [-0.2, 0) is 4.74 Å². The van der Waals surface area contributed by atoms with E-state index in [0.29, 0.717) is 11.8 Å². The van der Waals surface area contributed by atoms with E-state index in [4.69, 9.17) is 10.5 Å². The summed E-state index contributed by atoms with van der Waals surface area (Å²) < 4.78 is 5.26. The molecule has 0 bridgehead atoms. The lowest BCUT2D eigenvalue weighted by Crippen LogP contribution is -2.40. The highest BCUT2D eigenvalue weighted by molar-refractivity contribution is 4.94. The van der Waals surface area contributed by atoms with Crippen molar-refractivity contribution >= 4 is 0 Å². The molecule has 0 aliphatic heterocycles. The van der Waals surface area contributed by atoms with Crippen molar-refractivity contribution in [2.24, 2.45) is 17.6 Å². The van der Waals surface area contributed by atoms with E-state index >= 15 is 0 Å². The van der Waals surface area contributed by atoms with E-state index in [-0.39, 0.29) is 6.10 Å². The monoisotopic (exact) mass is 155 g/mol. The lowest BCUT2D eigenvalue weighted by atomic mass is 9.70. The van der Waals surface area contributed by atoms with E-state index in [1.165, 1.54) is 12.8 Å². The van der Waals surface area contributed by atoms with Crippen molar-refractivity contribution in [3.05, 3.63) is 12.7 Å². The highest BCUT2D eigenvalue weighted by Gasteiger charge is 2.34. The zero-order chi connectivity index (χ0) is 8.27. The maximum absolute atomic E-state index is 5.58. The molecule has 0 radical (unpaired) electrons. The summed E-state index contributed by atoms with van der Waals surface area (Å²) in [4.78, 5) is 0. The van der Waals surface area contributed by atoms with Gasteiger partial charge < -0.3 is 10.5 Å². The Hall–Kier alpha value is -0.340. The Bertz CT molecular complexity index is 134. The summed E-state index contributed by atoms with van der Waals surface area (Å²) in [6.45, 7) is 4.53. The number of rotatable bonds is 4. The van der Waals surface area contributed by atoms with Gasteiger partial charge in [0.2, 0.25) is 0 Å². The lowest BCUT2D eigenvalue weighted by molar-refractivity contribution is 0.0146. The first-order chi connectivity index (χ1) is 5.33. The molecule has 0 saturated heterocycles. The minimum absolute atomic E-state index is 0.220. The number of ether oxygens (including phenoxy) is 1. The van der Waals surface area contributed by atoms with Gasteiger partial charge in [0.05, 0.1) is 6.10 Å². The fourth-order valence-corrected chi connectivity index (χ4v) is 1.77. The number of hydrogen-bond acceptors (Lipinski definition) is 2. The molecule has 0 spiro atoms. The van der Waals surface area contributed by atoms with Crippen molar-refractivity contribution in [1.29, 1.82) is 0 Å². The zero-order valence-electron chi connectivity index (χ0n) is 7.12. The van der Waals surface area contributed by atoms with Crippen molar-refractivity contribution < 1.29 is 4.74 Å². The first kappa shape index (κ1) is 8.75. The molecule has 2 heteroatoms. The Morgan fingerprint density at radius 3 is 2.73 bits per heavy atom. The predicted molar refractivity (Wildman–Crippen MR) is 46.3 cm³/mol. The maximum Gasteiger partial charge on any atom is 0.0780 e. The van der Waals surface area contributed by atoms with Gasteiger partial charge in [0.1, 0.15) is 0 Å². The molecule has 0 heterocycles. The molecule has 0 aromatic rings. The van der Waals surface area contributed by atoms with Crippen LogP contribution >= 0.6 is 0 Å². The number of methoxy groups -OCH3 is 1. The van der Waals surface area contributed by atoms with Gasteiger partial charge in [-0.3, -0.25) is 0 Å². The van der Waals surface area contributed by atoms with E-state index in [2.05, 4.69) is 6.58 Å². The molecule has 1 saturated carbocycles. The van der Waals surface area contributed by atoms with Gasteiger partial charge in [-0.1, -0.05) is 6.08 Å². The molecule has 64 valence electrons. The summed E-state index contributed by atoms with van der Waals surface area (Å²) in [5, 5.41) is 0. The van der Waals surface area contributed by atoms with E-state index in [9.17, 15) is 0 Å². The molecule has 0 amide bonds. The Kier molecular flexibility index (Phi) is 3.09. The van der Waals surface area contributed by atoms with Crippen LogP contribution in [0.1, 0.15) is 12.8 Å².